The summed E-state index contributed by atoms with van der Waals surface area (Å²) >= 11 is 0. The third-order valence-corrected chi connectivity index (χ3v) is 3.39. The molecule has 0 unspecified atom stereocenters. The highest BCUT2D eigenvalue weighted by Gasteiger charge is 2.12. The largest absolute Gasteiger partial charge is 0.343 e. The Bertz CT molecular complexity index is 729. The Labute approximate surface area is 110 Å². The van der Waals surface area contributed by atoms with Gasteiger partial charge in [-0.2, -0.15) is 0 Å². The van der Waals surface area contributed by atoms with Gasteiger partial charge in [0.15, 0.2) is 0 Å². The Morgan fingerprint density at radius 1 is 1.05 bits per heavy atom. The molecule has 1 aromatic heterocycles. The van der Waals surface area contributed by atoms with Crippen LogP contribution in [0.25, 0.3) is 10.9 Å². The van der Waals surface area contributed by atoms with E-state index in [1.165, 1.54) is 13.0 Å². The van der Waals surface area contributed by atoms with Gasteiger partial charge in [0.25, 0.3) is 0 Å². The van der Waals surface area contributed by atoms with Gasteiger partial charge in [0.1, 0.15) is 11.6 Å². The summed E-state index contributed by atoms with van der Waals surface area (Å²) in [7, 11) is 0. The first-order valence-electron chi connectivity index (χ1n) is 6.14. The minimum absolute atomic E-state index is 0.0740. The molecule has 0 saturated carbocycles. The quantitative estimate of drug-likeness (QED) is 0.646. The van der Waals surface area contributed by atoms with Crippen LogP contribution in [0.1, 0.15) is 11.1 Å². The zero-order valence-electron chi connectivity index (χ0n) is 10.5. The molecule has 0 aliphatic heterocycles. The highest BCUT2D eigenvalue weighted by Crippen LogP contribution is 2.25. The third kappa shape index (κ3) is 2.01. The van der Waals surface area contributed by atoms with Crippen molar-refractivity contribution < 1.29 is 8.78 Å². The smallest absolute Gasteiger partial charge is 0.138 e. The topological polar surface area (TPSA) is 4.93 Å². The summed E-state index contributed by atoms with van der Waals surface area (Å²) in [6.07, 6.45) is 1.79. The molecule has 0 atom stereocenters. The SMILES string of the molecule is Cc1c(F)cc2c(ccn2Cc2ccccc2)c1F. The lowest BCUT2D eigenvalue weighted by atomic mass is 10.1. The van der Waals surface area contributed by atoms with Gasteiger partial charge >= 0.3 is 0 Å². The number of fused-ring (bicyclic) bond motifs is 1. The van der Waals surface area contributed by atoms with E-state index in [2.05, 4.69) is 0 Å². The molecule has 0 spiro atoms. The molecule has 0 fully saturated rings. The zero-order chi connectivity index (χ0) is 13.4. The average molecular weight is 257 g/mol. The fourth-order valence-electron chi connectivity index (χ4n) is 2.28. The highest BCUT2D eigenvalue weighted by molar-refractivity contribution is 5.82. The maximum Gasteiger partial charge on any atom is 0.138 e. The van der Waals surface area contributed by atoms with Crippen molar-refractivity contribution in [3.8, 4) is 0 Å². The number of rotatable bonds is 2. The monoisotopic (exact) mass is 257 g/mol. The second-order valence-corrected chi connectivity index (χ2v) is 4.66. The molecule has 96 valence electrons. The third-order valence-electron chi connectivity index (χ3n) is 3.39. The van der Waals surface area contributed by atoms with E-state index in [-0.39, 0.29) is 5.56 Å². The van der Waals surface area contributed by atoms with Gasteiger partial charge in [-0.3, -0.25) is 0 Å². The second-order valence-electron chi connectivity index (χ2n) is 4.66. The number of nitrogens with zero attached hydrogens (tertiary/aromatic N) is 1. The van der Waals surface area contributed by atoms with Crippen LogP contribution in [0.3, 0.4) is 0 Å². The van der Waals surface area contributed by atoms with Crippen LogP contribution in [0.15, 0.2) is 48.7 Å². The molecule has 0 radical (unpaired) electrons. The summed E-state index contributed by atoms with van der Waals surface area (Å²) in [6.45, 7) is 2.06. The maximum atomic E-state index is 14.0. The first-order chi connectivity index (χ1) is 9.16. The molecule has 19 heavy (non-hydrogen) atoms. The summed E-state index contributed by atoms with van der Waals surface area (Å²) in [5, 5.41) is 0.467. The molecular formula is C16H13F2N. The molecule has 0 saturated heterocycles. The van der Waals surface area contributed by atoms with Gasteiger partial charge in [0.2, 0.25) is 0 Å². The van der Waals surface area contributed by atoms with Crippen LogP contribution in [0.2, 0.25) is 0 Å². The molecular weight excluding hydrogens is 244 g/mol. The zero-order valence-corrected chi connectivity index (χ0v) is 10.5. The molecule has 0 bridgehead atoms. The predicted octanol–water partition coefficient (Wildman–Crippen LogP) is 4.28. The van der Waals surface area contributed by atoms with E-state index in [0.717, 1.165) is 5.56 Å². The Morgan fingerprint density at radius 2 is 1.79 bits per heavy atom. The minimum Gasteiger partial charge on any atom is -0.343 e. The van der Waals surface area contributed by atoms with Crippen molar-refractivity contribution in [1.29, 1.82) is 0 Å². The van der Waals surface area contributed by atoms with Crippen molar-refractivity contribution in [2.45, 2.75) is 13.5 Å². The lowest BCUT2D eigenvalue weighted by Crippen LogP contribution is -1.99. The lowest BCUT2D eigenvalue weighted by Gasteiger charge is -2.07. The summed E-state index contributed by atoms with van der Waals surface area (Å²) in [5.74, 6) is -0.972. The van der Waals surface area contributed by atoms with Gasteiger partial charge < -0.3 is 4.57 Å². The predicted molar refractivity (Wildman–Crippen MR) is 72.1 cm³/mol. The first-order valence-corrected chi connectivity index (χ1v) is 6.14. The first kappa shape index (κ1) is 11.9. The summed E-state index contributed by atoms with van der Waals surface area (Å²) < 4.78 is 29.5. The summed E-state index contributed by atoms with van der Waals surface area (Å²) in [6, 6.07) is 12.9. The number of hydrogen-bond acceptors (Lipinski definition) is 0. The Balaban J connectivity index is 2.11. The lowest BCUT2D eigenvalue weighted by molar-refractivity contribution is 0.576. The van der Waals surface area contributed by atoms with E-state index in [0.29, 0.717) is 17.4 Å². The van der Waals surface area contributed by atoms with E-state index in [9.17, 15) is 8.78 Å². The van der Waals surface area contributed by atoms with Crippen molar-refractivity contribution in [1.82, 2.24) is 4.57 Å². The van der Waals surface area contributed by atoms with Crippen molar-refractivity contribution in [2.24, 2.45) is 0 Å². The molecule has 0 aliphatic rings. The molecule has 1 heterocycles. The highest BCUT2D eigenvalue weighted by atomic mass is 19.1. The fourth-order valence-corrected chi connectivity index (χ4v) is 2.28. The van der Waals surface area contributed by atoms with Gasteiger partial charge in [0, 0.05) is 23.7 Å². The van der Waals surface area contributed by atoms with Crippen LogP contribution < -0.4 is 0 Å². The molecule has 0 amide bonds. The standard InChI is InChI=1S/C16H13F2N/c1-11-14(17)9-15-13(16(11)18)7-8-19(15)10-12-5-3-2-4-6-12/h2-9H,10H2,1H3. The van der Waals surface area contributed by atoms with E-state index in [1.54, 1.807) is 12.3 Å². The second kappa shape index (κ2) is 4.50. The average Bonchev–Trinajstić information content (AvgIpc) is 2.81. The van der Waals surface area contributed by atoms with Gasteiger partial charge in [-0.15, -0.1) is 0 Å². The van der Waals surface area contributed by atoms with E-state index >= 15 is 0 Å². The summed E-state index contributed by atoms with van der Waals surface area (Å²) in [5.41, 5.74) is 1.76. The number of halogens is 2. The van der Waals surface area contributed by atoms with E-state index < -0.39 is 11.6 Å². The Kier molecular flexibility index (Phi) is 2.82. The molecule has 3 aromatic rings. The van der Waals surface area contributed by atoms with Crippen molar-refractivity contribution in [2.75, 3.05) is 0 Å². The molecule has 3 rings (SSSR count). The Morgan fingerprint density at radius 3 is 2.53 bits per heavy atom. The normalized spacial score (nSPS) is 11.1. The van der Waals surface area contributed by atoms with Gasteiger partial charge in [-0.05, 0) is 24.6 Å². The van der Waals surface area contributed by atoms with Crippen LogP contribution in [0, 0.1) is 18.6 Å². The minimum atomic E-state index is -0.502. The fraction of sp³-hybridized carbons (Fsp3) is 0.125. The van der Waals surface area contributed by atoms with Crippen molar-refractivity contribution in [3.63, 3.8) is 0 Å². The van der Waals surface area contributed by atoms with Crippen LogP contribution in [-0.2, 0) is 6.54 Å². The number of hydrogen-bond donors (Lipinski definition) is 0. The van der Waals surface area contributed by atoms with Crippen LogP contribution >= 0.6 is 0 Å². The van der Waals surface area contributed by atoms with Crippen molar-refractivity contribution >= 4 is 10.9 Å². The maximum absolute atomic E-state index is 14.0. The Hall–Kier alpha value is -2.16. The molecule has 1 nitrogen and oxygen atoms in total. The van der Waals surface area contributed by atoms with Crippen molar-refractivity contribution in [3.05, 3.63) is 71.4 Å². The number of aromatic nitrogens is 1. The van der Waals surface area contributed by atoms with Crippen LogP contribution in [-0.4, -0.2) is 4.57 Å². The van der Waals surface area contributed by atoms with Gasteiger partial charge in [-0.25, -0.2) is 8.78 Å². The molecule has 2 aromatic carbocycles. The summed E-state index contributed by atoms with van der Waals surface area (Å²) in [4.78, 5) is 0. The van der Waals surface area contributed by atoms with Gasteiger partial charge in [-0.1, -0.05) is 30.3 Å². The van der Waals surface area contributed by atoms with Gasteiger partial charge in [0.05, 0.1) is 5.52 Å². The number of benzene rings is 2. The molecule has 0 N–H and O–H groups in total. The van der Waals surface area contributed by atoms with Crippen LogP contribution in [0.4, 0.5) is 8.78 Å². The molecule has 0 aliphatic carbocycles. The van der Waals surface area contributed by atoms with Crippen LogP contribution in [0.5, 0.6) is 0 Å². The van der Waals surface area contributed by atoms with E-state index in [1.807, 2.05) is 34.9 Å². The van der Waals surface area contributed by atoms with E-state index in [4.69, 9.17) is 0 Å². The molecule has 3 heteroatoms.